The summed E-state index contributed by atoms with van der Waals surface area (Å²) >= 11 is 0. The van der Waals surface area contributed by atoms with Crippen molar-refractivity contribution in [1.82, 2.24) is 0 Å². The lowest BCUT2D eigenvalue weighted by atomic mass is 9.96. The Balaban J connectivity index is -0.000000346. The van der Waals surface area contributed by atoms with Crippen LogP contribution in [0, 0.1) is 5.92 Å². The van der Waals surface area contributed by atoms with Crippen LogP contribution in [0.15, 0.2) is 0 Å². The second-order valence-corrected chi connectivity index (χ2v) is 6.91. The summed E-state index contributed by atoms with van der Waals surface area (Å²) < 4.78 is 8.88. The molecule has 156 valence electrons. The SMILES string of the molecule is CCCCCC(C)C.O=C(O)CC(O)(CC(=O)O)C(=O)O.O=P(O)(O)O. The summed E-state index contributed by atoms with van der Waals surface area (Å²) in [5, 5.41) is 33.8. The van der Waals surface area contributed by atoms with Crippen molar-refractivity contribution < 1.29 is 54.1 Å². The molecular weight excluding hydrogens is 375 g/mol. The fraction of sp³-hybridized carbons (Fsp3) is 0.786. The predicted molar refractivity (Wildman–Crippen MR) is 90.3 cm³/mol. The topological polar surface area (TPSA) is 210 Å². The molecule has 0 aromatic rings. The Morgan fingerprint density at radius 1 is 0.923 bits per heavy atom. The minimum atomic E-state index is -4.64. The van der Waals surface area contributed by atoms with Crippen molar-refractivity contribution in [3.8, 4) is 0 Å². The zero-order chi connectivity index (χ0) is 21.6. The minimum Gasteiger partial charge on any atom is -0.481 e. The molecule has 0 atom stereocenters. The van der Waals surface area contributed by atoms with E-state index in [4.69, 9.17) is 39.7 Å². The number of carboxylic acid groups (broad SMARTS) is 3. The van der Waals surface area contributed by atoms with Gasteiger partial charge in [-0.15, -0.1) is 0 Å². The highest BCUT2D eigenvalue weighted by Gasteiger charge is 2.40. The Hall–Kier alpha value is -1.52. The number of unbranched alkanes of at least 4 members (excludes halogenated alkanes) is 2. The Bertz CT molecular complexity index is 445. The second-order valence-electron chi connectivity index (χ2n) is 5.88. The molecule has 0 heterocycles. The number of aliphatic carboxylic acids is 3. The van der Waals surface area contributed by atoms with Crippen molar-refractivity contribution in [3.63, 3.8) is 0 Å². The number of hydrogen-bond donors (Lipinski definition) is 7. The summed E-state index contributed by atoms with van der Waals surface area (Å²) in [7, 11) is -4.64. The van der Waals surface area contributed by atoms with E-state index in [0.717, 1.165) is 5.92 Å². The van der Waals surface area contributed by atoms with Crippen LogP contribution in [0.25, 0.3) is 0 Å². The maximum Gasteiger partial charge on any atom is 0.466 e. The lowest BCUT2D eigenvalue weighted by molar-refractivity contribution is -0.170. The Morgan fingerprint density at radius 2 is 1.27 bits per heavy atom. The molecule has 0 amide bonds. The molecule has 0 radical (unpaired) electrons. The summed E-state index contributed by atoms with van der Waals surface area (Å²) in [6.45, 7) is 6.83. The maximum absolute atomic E-state index is 10.3. The predicted octanol–water partition coefficient (Wildman–Crippen LogP) is 1.05. The molecule has 0 fully saturated rings. The van der Waals surface area contributed by atoms with E-state index in [9.17, 15) is 14.4 Å². The molecule has 7 N–H and O–H groups in total. The highest BCUT2D eigenvalue weighted by Crippen LogP contribution is 2.25. The van der Waals surface area contributed by atoms with Crippen molar-refractivity contribution in [3.05, 3.63) is 0 Å². The number of carbonyl (C=O) groups is 3. The van der Waals surface area contributed by atoms with Crippen molar-refractivity contribution in [1.29, 1.82) is 0 Å². The van der Waals surface area contributed by atoms with E-state index in [2.05, 4.69) is 20.8 Å². The van der Waals surface area contributed by atoms with Gasteiger partial charge in [0.15, 0.2) is 5.60 Å². The van der Waals surface area contributed by atoms with E-state index < -0.39 is 44.2 Å². The molecule has 0 rings (SSSR count). The maximum atomic E-state index is 10.3. The molecule has 0 unspecified atom stereocenters. The summed E-state index contributed by atoms with van der Waals surface area (Å²) in [6, 6.07) is 0. The Morgan fingerprint density at radius 3 is 1.46 bits per heavy atom. The van der Waals surface area contributed by atoms with Crippen LogP contribution in [-0.4, -0.2) is 58.6 Å². The minimum absolute atomic E-state index is 0.904. The average molecular weight is 404 g/mol. The first-order valence-corrected chi connectivity index (χ1v) is 9.29. The Kier molecular flexibility index (Phi) is 16.5. The van der Waals surface area contributed by atoms with Crippen LogP contribution in [0.5, 0.6) is 0 Å². The molecule has 0 spiro atoms. The average Bonchev–Trinajstić information content (AvgIpc) is 2.35. The quantitative estimate of drug-likeness (QED) is 0.213. The van der Waals surface area contributed by atoms with E-state index in [1.54, 1.807) is 0 Å². The largest absolute Gasteiger partial charge is 0.481 e. The number of carboxylic acids is 3. The molecular formula is C14H29O11P. The first-order valence-electron chi connectivity index (χ1n) is 7.72. The first-order chi connectivity index (χ1) is 11.5. The van der Waals surface area contributed by atoms with Crippen LogP contribution in [-0.2, 0) is 18.9 Å². The molecule has 26 heavy (non-hydrogen) atoms. The Labute approximate surface area is 151 Å². The van der Waals surface area contributed by atoms with Gasteiger partial charge in [0.2, 0.25) is 0 Å². The normalized spacial score (nSPS) is 10.9. The second kappa shape index (κ2) is 14.6. The number of aliphatic hydroxyl groups is 1. The van der Waals surface area contributed by atoms with E-state index in [1.165, 1.54) is 25.7 Å². The third-order valence-corrected chi connectivity index (χ3v) is 2.67. The lowest BCUT2D eigenvalue weighted by Crippen LogP contribution is -2.42. The summed E-state index contributed by atoms with van der Waals surface area (Å²) in [5.74, 6) is -4.11. The molecule has 12 heteroatoms. The van der Waals surface area contributed by atoms with Gasteiger partial charge in [0.1, 0.15) is 0 Å². The van der Waals surface area contributed by atoms with E-state index in [0.29, 0.717) is 0 Å². The van der Waals surface area contributed by atoms with Crippen LogP contribution in [0.3, 0.4) is 0 Å². The van der Waals surface area contributed by atoms with Gasteiger partial charge in [-0.2, -0.15) is 0 Å². The van der Waals surface area contributed by atoms with Gasteiger partial charge in [-0.05, 0) is 5.92 Å². The van der Waals surface area contributed by atoms with Gasteiger partial charge in [-0.1, -0.05) is 46.5 Å². The standard InChI is InChI=1S/C8H18.C6H8O7.H3O4P/c1-4-5-6-7-8(2)3;7-3(8)1-6(13,5(11)12)2-4(9)10;1-5(2,3)4/h8H,4-7H2,1-3H3;13H,1-2H2,(H,7,8)(H,9,10)(H,11,12);(H3,1,2,3,4). The highest BCUT2D eigenvalue weighted by molar-refractivity contribution is 7.45. The molecule has 0 saturated carbocycles. The number of hydrogen-bond acceptors (Lipinski definition) is 5. The van der Waals surface area contributed by atoms with Crippen molar-refractivity contribution in [2.45, 2.75) is 64.9 Å². The van der Waals surface area contributed by atoms with Crippen LogP contribution in [0.2, 0.25) is 0 Å². The molecule has 11 nitrogen and oxygen atoms in total. The summed E-state index contributed by atoms with van der Waals surface area (Å²) in [4.78, 5) is 52.0. The van der Waals surface area contributed by atoms with Gasteiger partial charge in [0.25, 0.3) is 0 Å². The lowest BCUT2D eigenvalue weighted by Gasteiger charge is -2.18. The summed E-state index contributed by atoms with van der Waals surface area (Å²) in [6.07, 6.45) is 3.32. The van der Waals surface area contributed by atoms with Gasteiger partial charge in [-0.3, -0.25) is 9.59 Å². The molecule has 0 aromatic heterocycles. The van der Waals surface area contributed by atoms with Gasteiger partial charge in [-0.25, -0.2) is 9.36 Å². The molecule has 0 aliphatic carbocycles. The smallest absolute Gasteiger partial charge is 0.466 e. The monoisotopic (exact) mass is 404 g/mol. The fourth-order valence-electron chi connectivity index (χ4n) is 1.52. The van der Waals surface area contributed by atoms with Gasteiger partial charge in [0.05, 0.1) is 12.8 Å². The zero-order valence-corrected chi connectivity index (χ0v) is 15.9. The van der Waals surface area contributed by atoms with Crippen molar-refractivity contribution in [2.24, 2.45) is 5.92 Å². The molecule has 0 aromatic carbocycles. The molecule has 0 saturated heterocycles. The molecule has 0 bridgehead atoms. The number of phosphoric acid groups is 1. The third kappa shape index (κ3) is 27.3. The van der Waals surface area contributed by atoms with Gasteiger partial charge < -0.3 is 35.1 Å². The van der Waals surface area contributed by atoms with Crippen molar-refractivity contribution >= 4 is 25.7 Å². The van der Waals surface area contributed by atoms with E-state index in [1.807, 2.05) is 0 Å². The molecule has 0 aliphatic heterocycles. The van der Waals surface area contributed by atoms with Crippen LogP contribution in [0.1, 0.15) is 59.3 Å². The van der Waals surface area contributed by atoms with E-state index >= 15 is 0 Å². The fourth-order valence-corrected chi connectivity index (χ4v) is 1.52. The van der Waals surface area contributed by atoms with Crippen LogP contribution < -0.4 is 0 Å². The highest BCUT2D eigenvalue weighted by atomic mass is 31.2. The third-order valence-electron chi connectivity index (χ3n) is 2.67. The van der Waals surface area contributed by atoms with Crippen LogP contribution >= 0.6 is 7.82 Å². The van der Waals surface area contributed by atoms with E-state index in [-0.39, 0.29) is 0 Å². The first kappa shape index (κ1) is 29.3. The van der Waals surface area contributed by atoms with Gasteiger partial charge >= 0.3 is 25.7 Å². The van der Waals surface area contributed by atoms with Gasteiger partial charge in [0, 0.05) is 0 Å². The zero-order valence-electron chi connectivity index (χ0n) is 15.0. The molecule has 0 aliphatic rings. The number of rotatable bonds is 9. The summed E-state index contributed by atoms with van der Waals surface area (Å²) in [5.41, 5.74) is -2.74. The van der Waals surface area contributed by atoms with Crippen LogP contribution in [0.4, 0.5) is 0 Å². The van der Waals surface area contributed by atoms with Crippen molar-refractivity contribution in [2.75, 3.05) is 0 Å².